The van der Waals surface area contributed by atoms with Gasteiger partial charge in [0.05, 0.1) is 29.5 Å². The third-order valence-electron chi connectivity index (χ3n) is 4.85. The average Bonchev–Trinajstić information content (AvgIpc) is 3.21. The van der Waals surface area contributed by atoms with Gasteiger partial charge < -0.3 is 14.8 Å². The largest absolute Gasteiger partial charge is 0.490 e. The number of fused-ring (bicyclic) bond motifs is 2. The Hall–Kier alpha value is -3.39. The number of ether oxygens (including phenoxy) is 2. The molecule has 0 saturated carbocycles. The molecule has 0 spiro atoms. The summed E-state index contributed by atoms with van der Waals surface area (Å²) in [6.45, 7) is 3.09. The second kappa shape index (κ2) is 7.46. The van der Waals surface area contributed by atoms with E-state index in [1.165, 1.54) is 23.5 Å². The van der Waals surface area contributed by atoms with Crippen molar-refractivity contribution < 1.29 is 18.7 Å². The molecule has 4 aromatic rings. The molecule has 1 aliphatic rings. The molecule has 152 valence electrons. The maximum absolute atomic E-state index is 13.3. The zero-order valence-corrected chi connectivity index (χ0v) is 17.0. The van der Waals surface area contributed by atoms with Crippen LogP contribution in [0.4, 0.5) is 10.1 Å². The number of hydrogen-bond donors (Lipinski definition) is 1. The number of aryl methyl sites for hydroxylation is 1. The number of rotatable bonds is 3. The summed E-state index contributed by atoms with van der Waals surface area (Å²) in [4.78, 5) is 14.3. The van der Waals surface area contributed by atoms with Crippen molar-refractivity contribution in [1.82, 2.24) is 9.78 Å². The molecule has 2 aromatic heterocycles. The number of amides is 1. The lowest BCUT2D eigenvalue weighted by atomic mass is 10.2. The van der Waals surface area contributed by atoms with Gasteiger partial charge in [0, 0.05) is 23.6 Å². The summed E-state index contributed by atoms with van der Waals surface area (Å²) in [7, 11) is 0. The van der Waals surface area contributed by atoms with E-state index in [-0.39, 0.29) is 11.7 Å². The fourth-order valence-electron chi connectivity index (χ4n) is 3.35. The molecule has 1 amide bonds. The topological polar surface area (TPSA) is 65.4 Å². The van der Waals surface area contributed by atoms with Gasteiger partial charge in [0.25, 0.3) is 5.91 Å². The van der Waals surface area contributed by atoms with E-state index < -0.39 is 0 Å². The van der Waals surface area contributed by atoms with Gasteiger partial charge in [-0.15, -0.1) is 11.3 Å². The standard InChI is InChI=1S/C22H18FN3O3S/c1-13-17-12-20(30-22(17)26(25-13)16-6-3-14(23)4-7-16)21(27)24-15-5-8-18-19(11-15)29-10-2-9-28-18/h3-8,11-12H,2,9-10H2,1H3,(H,24,27). The van der Waals surface area contributed by atoms with Crippen LogP contribution in [0.1, 0.15) is 21.8 Å². The molecule has 5 rings (SSSR count). The lowest BCUT2D eigenvalue weighted by molar-refractivity contribution is 0.103. The van der Waals surface area contributed by atoms with E-state index in [0.29, 0.717) is 35.3 Å². The summed E-state index contributed by atoms with van der Waals surface area (Å²) < 4.78 is 26.3. The monoisotopic (exact) mass is 423 g/mol. The maximum Gasteiger partial charge on any atom is 0.265 e. The Morgan fingerprint density at radius 3 is 2.67 bits per heavy atom. The Balaban J connectivity index is 1.44. The molecule has 0 unspecified atom stereocenters. The molecule has 3 heterocycles. The summed E-state index contributed by atoms with van der Waals surface area (Å²) in [6, 6.07) is 13.3. The van der Waals surface area contributed by atoms with Gasteiger partial charge in [0.15, 0.2) is 11.5 Å². The fourth-order valence-corrected chi connectivity index (χ4v) is 4.43. The molecule has 30 heavy (non-hydrogen) atoms. The van der Waals surface area contributed by atoms with Crippen molar-refractivity contribution in [3.63, 3.8) is 0 Å². The number of aromatic nitrogens is 2. The number of nitrogens with one attached hydrogen (secondary N) is 1. The van der Waals surface area contributed by atoms with Crippen molar-refractivity contribution in [1.29, 1.82) is 0 Å². The molecule has 0 atom stereocenters. The molecular formula is C22H18FN3O3S. The molecule has 0 fully saturated rings. The molecule has 0 aliphatic carbocycles. The van der Waals surface area contributed by atoms with E-state index >= 15 is 0 Å². The van der Waals surface area contributed by atoms with Gasteiger partial charge in [-0.2, -0.15) is 5.10 Å². The summed E-state index contributed by atoms with van der Waals surface area (Å²) in [6.07, 6.45) is 0.822. The van der Waals surface area contributed by atoms with Crippen molar-refractivity contribution in [2.45, 2.75) is 13.3 Å². The van der Waals surface area contributed by atoms with Crippen LogP contribution in [0, 0.1) is 12.7 Å². The van der Waals surface area contributed by atoms with Crippen LogP contribution in [-0.4, -0.2) is 28.9 Å². The van der Waals surface area contributed by atoms with Crippen molar-refractivity contribution in [2.24, 2.45) is 0 Å². The number of nitrogens with zero attached hydrogens (tertiary/aromatic N) is 2. The van der Waals surface area contributed by atoms with Gasteiger partial charge in [-0.05, 0) is 49.4 Å². The summed E-state index contributed by atoms with van der Waals surface area (Å²) in [5, 5.41) is 8.35. The molecule has 0 bridgehead atoms. The first kappa shape index (κ1) is 18.6. The van der Waals surface area contributed by atoms with E-state index in [4.69, 9.17) is 9.47 Å². The molecule has 1 N–H and O–H groups in total. The van der Waals surface area contributed by atoms with Crippen LogP contribution in [0.15, 0.2) is 48.5 Å². The van der Waals surface area contributed by atoms with Crippen molar-refractivity contribution in [2.75, 3.05) is 18.5 Å². The van der Waals surface area contributed by atoms with E-state index in [1.807, 2.05) is 13.0 Å². The minimum atomic E-state index is -0.305. The van der Waals surface area contributed by atoms with Gasteiger partial charge in [-0.3, -0.25) is 4.79 Å². The fraction of sp³-hybridized carbons (Fsp3) is 0.182. The highest BCUT2D eigenvalue weighted by molar-refractivity contribution is 7.20. The molecule has 6 nitrogen and oxygen atoms in total. The summed E-state index contributed by atoms with van der Waals surface area (Å²) in [5.74, 6) is 0.794. The van der Waals surface area contributed by atoms with E-state index in [1.54, 1.807) is 35.0 Å². The number of thiophene rings is 1. The van der Waals surface area contributed by atoms with E-state index in [0.717, 1.165) is 28.0 Å². The Kier molecular flexibility index (Phi) is 4.63. The van der Waals surface area contributed by atoms with Crippen LogP contribution >= 0.6 is 11.3 Å². The molecule has 0 saturated heterocycles. The normalized spacial score (nSPS) is 13.3. The highest BCUT2D eigenvalue weighted by atomic mass is 32.1. The second-order valence-electron chi connectivity index (χ2n) is 6.97. The van der Waals surface area contributed by atoms with Gasteiger partial charge >= 0.3 is 0 Å². The zero-order chi connectivity index (χ0) is 20.7. The second-order valence-corrected chi connectivity index (χ2v) is 8.00. The first-order valence-electron chi connectivity index (χ1n) is 9.54. The number of carbonyl (C=O) groups is 1. The third kappa shape index (κ3) is 3.39. The smallest absolute Gasteiger partial charge is 0.265 e. The van der Waals surface area contributed by atoms with Crippen molar-refractivity contribution >= 4 is 33.1 Å². The van der Waals surface area contributed by atoms with Crippen molar-refractivity contribution in [3.05, 3.63) is 64.9 Å². The first-order chi connectivity index (χ1) is 14.6. The number of benzene rings is 2. The van der Waals surface area contributed by atoms with Gasteiger partial charge in [-0.25, -0.2) is 9.07 Å². The summed E-state index contributed by atoms with van der Waals surface area (Å²) in [5.41, 5.74) is 2.19. The van der Waals surface area contributed by atoms with Crippen LogP contribution < -0.4 is 14.8 Å². The van der Waals surface area contributed by atoms with Gasteiger partial charge in [0.2, 0.25) is 0 Å². The molecule has 8 heteroatoms. The van der Waals surface area contributed by atoms with Gasteiger partial charge in [0.1, 0.15) is 10.6 Å². The molecular weight excluding hydrogens is 405 g/mol. The Morgan fingerprint density at radius 2 is 1.87 bits per heavy atom. The predicted molar refractivity (Wildman–Crippen MR) is 114 cm³/mol. The summed E-state index contributed by atoms with van der Waals surface area (Å²) >= 11 is 1.34. The molecule has 1 aliphatic heterocycles. The van der Waals surface area contributed by atoms with E-state index in [9.17, 15) is 9.18 Å². The van der Waals surface area contributed by atoms with Crippen LogP contribution in [-0.2, 0) is 0 Å². The SMILES string of the molecule is Cc1nn(-c2ccc(F)cc2)c2sc(C(=O)Nc3ccc4c(c3)OCCCO4)cc12. The minimum absolute atomic E-state index is 0.212. The quantitative estimate of drug-likeness (QED) is 0.507. The molecule has 0 radical (unpaired) electrons. The predicted octanol–water partition coefficient (Wildman–Crippen LogP) is 4.95. The van der Waals surface area contributed by atoms with E-state index in [2.05, 4.69) is 10.4 Å². The number of halogens is 1. The Morgan fingerprint density at radius 1 is 1.10 bits per heavy atom. The number of hydrogen-bond acceptors (Lipinski definition) is 5. The lowest BCUT2D eigenvalue weighted by Gasteiger charge is -2.10. The van der Waals surface area contributed by atoms with Crippen LogP contribution in [0.5, 0.6) is 11.5 Å². The highest BCUT2D eigenvalue weighted by Gasteiger charge is 2.18. The number of anilines is 1. The maximum atomic E-state index is 13.3. The highest BCUT2D eigenvalue weighted by Crippen LogP contribution is 2.34. The lowest BCUT2D eigenvalue weighted by Crippen LogP contribution is -2.10. The van der Waals surface area contributed by atoms with Gasteiger partial charge in [-0.1, -0.05) is 0 Å². The average molecular weight is 423 g/mol. The third-order valence-corrected chi connectivity index (χ3v) is 5.95. The van der Waals surface area contributed by atoms with Crippen LogP contribution in [0.25, 0.3) is 15.9 Å². The van der Waals surface area contributed by atoms with Crippen LogP contribution in [0.2, 0.25) is 0 Å². The molecule has 2 aromatic carbocycles. The first-order valence-corrected chi connectivity index (χ1v) is 10.4. The minimum Gasteiger partial charge on any atom is -0.490 e. The van der Waals surface area contributed by atoms with Crippen LogP contribution in [0.3, 0.4) is 0 Å². The van der Waals surface area contributed by atoms with Crippen molar-refractivity contribution in [3.8, 4) is 17.2 Å². The zero-order valence-electron chi connectivity index (χ0n) is 16.1. The Bertz CT molecular complexity index is 1250. The number of carbonyl (C=O) groups excluding carboxylic acids is 1. The Labute approximate surface area is 175 Å².